The van der Waals surface area contributed by atoms with Gasteiger partial charge in [0, 0.05) is 13.0 Å². The van der Waals surface area contributed by atoms with Gasteiger partial charge in [0.1, 0.15) is 11.7 Å². The van der Waals surface area contributed by atoms with Gasteiger partial charge >= 0.3 is 0 Å². The summed E-state index contributed by atoms with van der Waals surface area (Å²) >= 11 is 0. The zero-order valence-electron chi connectivity index (χ0n) is 9.37. The quantitative estimate of drug-likeness (QED) is 0.698. The van der Waals surface area contributed by atoms with E-state index in [1.165, 1.54) is 6.42 Å². The van der Waals surface area contributed by atoms with Crippen LogP contribution < -0.4 is 0 Å². The number of carbonyl (C=O) groups excluding carboxylic acids is 1. The SMILES string of the molecule is CCC(C#N)C(=O)CCC1CCCCO1. The fraction of sp³-hybridized carbons (Fsp3) is 0.833. The molecule has 3 nitrogen and oxygen atoms in total. The maximum absolute atomic E-state index is 11.6. The van der Waals surface area contributed by atoms with Crippen LogP contribution in [0.5, 0.6) is 0 Å². The minimum Gasteiger partial charge on any atom is -0.378 e. The summed E-state index contributed by atoms with van der Waals surface area (Å²) in [5.74, 6) is -0.331. The van der Waals surface area contributed by atoms with Gasteiger partial charge in [0.15, 0.2) is 0 Å². The number of ether oxygens (including phenoxy) is 1. The summed E-state index contributed by atoms with van der Waals surface area (Å²) in [6.45, 7) is 2.71. The van der Waals surface area contributed by atoms with Crippen molar-refractivity contribution in [2.45, 2.75) is 51.6 Å². The lowest BCUT2D eigenvalue weighted by Crippen LogP contribution is -2.21. The van der Waals surface area contributed by atoms with E-state index in [1.807, 2.05) is 13.0 Å². The average Bonchev–Trinajstić information content (AvgIpc) is 2.29. The van der Waals surface area contributed by atoms with Gasteiger partial charge in [-0.1, -0.05) is 6.92 Å². The molecule has 0 saturated carbocycles. The molecule has 2 atom stereocenters. The molecule has 15 heavy (non-hydrogen) atoms. The fourth-order valence-corrected chi connectivity index (χ4v) is 1.90. The average molecular weight is 209 g/mol. The van der Waals surface area contributed by atoms with Crippen molar-refractivity contribution in [1.82, 2.24) is 0 Å². The minimum atomic E-state index is -0.409. The van der Waals surface area contributed by atoms with Gasteiger partial charge in [-0.3, -0.25) is 4.79 Å². The molecular formula is C12H19NO2. The molecule has 0 bridgehead atoms. The molecule has 1 aliphatic rings. The smallest absolute Gasteiger partial charge is 0.150 e. The Labute approximate surface area is 91.4 Å². The first-order chi connectivity index (χ1) is 7.27. The van der Waals surface area contributed by atoms with E-state index in [2.05, 4.69) is 0 Å². The van der Waals surface area contributed by atoms with E-state index in [4.69, 9.17) is 10.00 Å². The summed E-state index contributed by atoms with van der Waals surface area (Å²) in [6.07, 6.45) is 5.57. The van der Waals surface area contributed by atoms with E-state index in [0.717, 1.165) is 25.9 Å². The molecule has 1 rings (SSSR count). The van der Waals surface area contributed by atoms with Crippen molar-refractivity contribution in [1.29, 1.82) is 5.26 Å². The second-order valence-electron chi connectivity index (χ2n) is 4.08. The number of nitriles is 1. The normalized spacial score (nSPS) is 23.1. The van der Waals surface area contributed by atoms with Gasteiger partial charge in [-0.25, -0.2) is 0 Å². The highest BCUT2D eigenvalue weighted by atomic mass is 16.5. The molecule has 0 aromatic rings. The second kappa shape index (κ2) is 6.58. The molecule has 1 aliphatic heterocycles. The van der Waals surface area contributed by atoms with Crippen molar-refractivity contribution in [2.75, 3.05) is 6.61 Å². The first kappa shape index (κ1) is 12.2. The van der Waals surface area contributed by atoms with Gasteiger partial charge < -0.3 is 4.74 Å². The molecular weight excluding hydrogens is 190 g/mol. The van der Waals surface area contributed by atoms with E-state index >= 15 is 0 Å². The van der Waals surface area contributed by atoms with E-state index in [0.29, 0.717) is 12.8 Å². The number of rotatable bonds is 5. The first-order valence-electron chi connectivity index (χ1n) is 5.81. The first-order valence-corrected chi connectivity index (χ1v) is 5.81. The van der Waals surface area contributed by atoms with Crippen molar-refractivity contribution in [2.24, 2.45) is 5.92 Å². The molecule has 0 N–H and O–H groups in total. The molecule has 1 fully saturated rings. The summed E-state index contributed by atoms with van der Waals surface area (Å²) in [5.41, 5.74) is 0. The topological polar surface area (TPSA) is 50.1 Å². The van der Waals surface area contributed by atoms with Crippen LogP contribution in [0.15, 0.2) is 0 Å². The van der Waals surface area contributed by atoms with Crippen LogP contribution >= 0.6 is 0 Å². The molecule has 1 saturated heterocycles. The van der Waals surface area contributed by atoms with Crippen LogP contribution in [-0.4, -0.2) is 18.5 Å². The van der Waals surface area contributed by atoms with Gasteiger partial charge in [0.2, 0.25) is 0 Å². The lowest BCUT2D eigenvalue weighted by atomic mass is 9.96. The number of hydrogen-bond acceptors (Lipinski definition) is 3. The molecule has 84 valence electrons. The summed E-state index contributed by atoms with van der Waals surface area (Å²) in [6, 6.07) is 2.05. The molecule has 2 unspecified atom stereocenters. The van der Waals surface area contributed by atoms with E-state index in [1.54, 1.807) is 0 Å². The third kappa shape index (κ3) is 4.01. The highest BCUT2D eigenvalue weighted by molar-refractivity contribution is 5.83. The predicted molar refractivity (Wildman–Crippen MR) is 57.2 cm³/mol. The van der Waals surface area contributed by atoms with Gasteiger partial charge in [0.25, 0.3) is 0 Å². The molecule has 0 spiro atoms. The summed E-state index contributed by atoms with van der Waals surface area (Å²) in [5, 5.41) is 8.73. The molecule has 0 aromatic heterocycles. The minimum absolute atomic E-state index is 0.0779. The van der Waals surface area contributed by atoms with Crippen LogP contribution in [0, 0.1) is 17.2 Å². The Morgan fingerprint density at radius 1 is 1.60 bits per heavy atom. The van der Waals surface area contributed by atoms with Crippen LogP contribution in [0.25, 0.3) is 0 Å². The maximum Gasteiger partial charge on any atom is 0.150 e. The van der Waals surface area contributed by atoms with Crippen molar-refractivity contribution in [3.8, 4) is 6.07 Å². The third-order valence-corrected chi connectivity index (χ3v) is 2.94. The molecule has 3 heteroatoms. The highest BCUT2D eigenvalue weighted by Gasteiger charge is 2.19. The monoisotopic (exact) mass is 209 g/mol. The van der Waals surface area contributed by atoms with Crippen LogP contribution in [0.1, 0.15) is 45.4 Å². The number of ketones is 1. The van der Waals surface area contributed by atoms with E-state index in [-0.39, 0.29) is 11.9 Å². The van der Waals surface area contributed by atoms with Crippen LogP contribution in [0.2, 0.25) is 0 Å². The summed E-state index contributed by atoms with van der Waals surface area (Å²) < 4.78 is 5.54. The number of hydrogen-bond donors (Lipinski definition) is 0. The van der Waals surface area contributed by atoms with Crippen molar-refractivity contribution in [3.05, 3.63) is 0 Å². The van der Waals surface area contributed by atoms with Gasteiger partial charge in [-0.05, 0) is 32.1 Å². The maximum atomic E-state index is 11.6. The van der Waals surface area contributed by atoms with Crippen LogP contribution in [0.4, 0.5) is 0 Å². The Morgan fingerprint density at radius 3 is 2.93 bits per heavy atom. The Morgan fingerprint density at radius 2 is 2.40 bits per heavy atom. The van der Waals surface area contributed by atoms with Gasteiger partial charge in [0.05, 0.1) is 12.2 Å². The van der Waals surface area contributed by atoms with E-state index < -0.39 is 5.92 Å². The van der Waals surface area contributed by atoms with Crippen LogP contribution in [0.3, 0.4) is 0 Å². The third-order valence-electron chi connectivity index (χ3n) is 2.94. The second-order valence-corrected chi connectivity index (χ2v) is 4.08. The number of carbonyl (C=O) groups is 1. The van der Waals surface area contributed by atoms with E-state index in [9.17, 15) is 4.79 Å². The van der Waals surface area contributed by atoms with Crippen molar-refractivity contribution < 1.29 is 9.53 Å². The molecule has 0 aromatic carbocycles. The number of Topliss-reactive ketones (excluding diaryl/α,β-unsaturated/α-hetero) is 1. The Bertz CT molecular complexity index is 238. The van der Waals surface area contributed by atoms with Crippen molar-refractivity contribution >= 4 is 5.78 Å². The zero-order valence-corrected chi connectivity index (χ0v) is 9.37. The lowest BCUT2D eigenvalue weighted by Gasteiger charge is -2.22. The summed E-state index contributed by atoms with van der Waals surface area (Å²) in [7, 11) is 0. The fourth-order valence-electron chi connectivity index (χ4n) is 1.90. The Balaban J connectivity index is 2.23. The molecule has 0 aliphatic carbocycles. The van der Waals surface area contributed by atoms with Crippen LogP contribution in [-0.2, 0) is 9.53 Å². The van der Waals surface area contributed by atoms with Gasteiger partial charge in [-0.2, -0.15) is 5.26 Å². The van der Waals surface area contributed by atoms with Gasteiger partial charge in [-0.15, -0.1) is 0 Å². The molecule has 0 radical (unpaired) electrons. The molecule has 1 heterocycles. The Hall–Kier alpha value is -0.880. The Kier molecular flexibility index (Phi) is 5.34. The summed E-state index contributed by atoms with van der Waals surface area (Å²) in [4.78, 5) is 11.6. The largest absolute Gasteiger partial charge is 0.378 e. The van der Waals surface area contributed by atoms with Crippen molar-refractivity contribution in [3.63, 3.8) is 0 Å². The number of nitrogens with zero attached hydrogens (tertiary/aromatic N) is 1. The zero-order chi connectivity index (χ0) is 11.1. The predicted octanol–water partition coefficient (Wildman–Crippen LogP) is 2.45. The standard InChI is InChI=1S/C12H19NO2/c1-2-10(9-13)12(14)7-6-11-5-3-4-8-15-11/h10-11H,2-8H2,1H3. The molecule has 0 amide bonds. The lowest BCUT2D eigenvalue weighted by molar-refractivity contribution is -0.122. The highest BCUT2D eigenvalue weighted by Crippen LogP contribution is 2.18.